The number of halogens is 1. The fraction of sp³-hybridized carbons (Fsp3) is 0.500. The number of benzene rings is 1. The highest BCUT2D eigenvalue weighted by molar-refractivity contribution is 7.89. The van der Waals surface area contributed by atoms with Crippen molar-refractivity contribution in [3.63, 3.8) is 0 Å². The number of aliphatic hydroxyl groups is 1. The lowest BCUT2D eigenvalue weighted by atomic mass is 10.0. The zero-order valence-corrected chi connectivity index (χ0v) is 12.3. The van der Waals surface area contributed by atoms with Crippen LogP contribution in [-0.2, 0) is 10.0 Å². The Labute approximate surface area is 118 Å². The number of nitrogens with one attached hydrogen (secondary N) is 1. The Morgan fingerprint density at radius 1 is 1.47 bits per heavy atom. The molecule has 4 N–H and O–H groups in total. The molecule has 0 saturated heterocycles. The van der Waals surface area contributed by atoms with Gasteiger partial charge in [0.05, 0.1) is 5.02 Å². The molecule has 1 aromatic carbocycles. The van der Waals surface area contributed by atoms with Gasteiger partial charge in [-0.25, -0.2) is 13.1 Å². The van der Waals surface area contributed by atoms with Gasteiger partial charge in [-0.1, -0.05) is 24.9 Å². The van der Waals surface area contributed by atoms with Crippen molar-refractivity contribution in [1.29, 1.82) is 0 Å². The minimum atomic E-state index is -3.68. The van der Waals surface area contributed by atoms with Crippen LogP contribution in [0.15, 0.2) is 23.1 Å². The lowest BCUT2D eigenvalue weighted by molar-refractivity contribution is 0.254. The van der Waals surface area contributed by atoms with Gasteiger partial charge in [0.1, 0.15) is 4.90 Å². The van der Waals surface area contributed by atoms with E-state index in [1.807, 2.05) is 6.92 Å². The largest absolute Gasteiger partial charge is 0.399 e. The maximum Gasteiger partial charge on any atom is 0.242 e. The fourth-order valence-corrected chi connectivity index (χ4v) is 3.31. The Morgan fingerprint density at radius 3 is 2.74 bits per heavy atom. The predicted molar refractivity (Wildman–Crippen MR) is 76.5 cm³/mol. The van der Waals surface area contributed by atoms with Crippen LogP contribution in [0.25, 0.3) is 0 Å². The second-order valence-corrected chi connectivity index (χ2v) is 6.47. The van der Waals surface area contributed by atoms with Crippen molar-refractivity contribution in [2.24, 2.45) is 5.92 Å². The number of nitrogen functional groups attached to an aromatic ring is 1. The molecule has 0 radical (unpaired) electrons. The normalized spacial score (nSPS) is 13.4. The van der Waals surface area contributed by atoms with E-state index < -0.39 is 10.0 Å². The van der Waals surface area contributed by atoms with E-state index in [9.17, 15) is 8.42 Å². The van der Waals surface area contributed by atoms with Crippen LogP contribution in [0.3, 0.4) is 0 Å². The van der Waals surface area contributed by atoms with E-state index in [4.69, 9.17) is 22.4 Å². The van der Waals surface area contributed by atoms with E-state index in [1.54, 1.807) is 6.07 Å². The van der Waals surface area contributed by atoms with E-state index in [1.165, 1.54) is 12.1 Å². The number of hydrogen-bond acceptors (Lipinski definition) is 4. The molecule has 0 fully saturated rings. The van der Waals surface area contributed by atoms with Crippen LogP contribution < -0.4 is 10.5 Å². The van der Waals surface area contributed by atoms with Gasteiger partial charge in [-0.05, 0) is 30.5 Å². The van der Waals surface area contributed by atoms with Gasteiger partial charge < -0.3 is 10.8 Å². The number of sulfonamides is 1. The van der Waals surface area contributed by atoms with Gasteiger partial charge >= 0.3 is 0 Å². The van der Waals surface area contributed by atoms with Crippen LogP contribution in [0.4, 0.5) is 5.69 Å². The van der Waals surface area contributed by atoms with Crippen LogP contribution in [0.2, 0.25) is 5.02 Å². The second-order valence-electron chi connectivity index (χ2n) is 4.33. The van der Waals surface area contributed by atoms with E-state index in [2.05, 4.69) is 4.72 Å². The second kappa shape index (κ2) is 7.09. The van der Waals surface area contributed by atoms with Crippen molar-refractivity contribution in [2.75, 3.05) is 18.9 Å². The first-order valence-corrected chi connectivity index (χ1v) is 7.92. The molecule has 0 amide bonds. The average molecular weight is 307 g/mol. The Morgan fingerprint density at radius 2 is 2.16 bits per heavy atom. The molecule has 0 saturated carbocycles. The van der Waals surface area contributed by atoms with Crippen LogP contribution in [0.1, 0.15) is 19.8 Å². The highest BCUT2D eigenvalue weighted by atomic mass is 35.5. The van der Waals surface area contributed by atoms with E-state index in [-0.39, 0.29) is 29.0 Å². The maximum atomic E-state index is 12.1. The first-order valence-electron chi connectivity index (χ1n) is 6.06. The number of hydrogen-bond donors (Lipinski definition) is 3. The fourth-order valence-electron chi connectivity index (χ4n) is 1.66. The monoisotopic (exact) mass is 306 g/mol. The Kier molecular flexibility index (Phi) is 6.06. The lowest BCUT2D eigenvalue weighted by Crippen LogP contribution is -2.30. The van der Waals surface area contributed by atoms with Gasteiger partial charge in [-0.2, -0.15) is 0 Å². The molecule has 0 aromatic heterocycles. The summed E-state index contributed by atoms with van der Waals surface area (Å²) in [6.45, 7) is 2.26. The van der Waals surface area contributed by atoms with E-state index >= 15 is 0 Å². The molecule has 0 bridgehead atoms. The Bertz CT molecular complexity index is 520. The lowest BCUT2D eigenvalue weighted by Gasteiger charge is -2.15. The smallest absolute Gasteiger partial charge is 0.242 e. The maximum absolute atomic E-state index is 12.1. The summed E-state index contributed by atoms with van der Waals surface area (Å²) in [5, 5.41) is 9.02. The molecular weight excluding hydrogens is 288 g/mol. The SMILES string of the molecule is CCC(CCO)CNS(=O)(=O)c1cc(N)ccc1Cl. The Hall–Kier alpha value is -0.820. The quantitative estimate of drug-likeness (QED) is 0.667. The molecule has 0 aliphatic carbocycles. The average Bonchev–Trinajstić information content (AvgIpc) is 2.37. The van der Waals surface area contributed by atoms with Gasteiger partial charge in [0.25, 0.3) is 0 Å². The third kappa shape index (κ3) is 4.65. The summed E-state index contributed by atoms with van der Waals surface area (Å²) < 4.78 is 26.7. The highest BCUT2D eigenvalue weighted by Crippen LogP contribution is 2.23. The van der Waals surface area contributed by atoms with Crippen LogP contribution in [0, 0.1) is 5.92 Å². The van der Waals surface area contributed by atoms with Gasteiger partial charge in [-0.15, -0.1) is 0 Å². The van der Waals surface area contributed by atoms with Crippen molar-refractivity contribution < 1.29 is 13.5 Å². The molecule has 7 heteroatoms. The van der Waals surface area contributed by atoms with Crippen molar-refractivity contribution in [2.45, 2.75) is 24.7 Å². The highest BCUT2D eigenvalue weighted by Gasteiger charge is 2.19. The van der Waals surface area contributed by atoms with Crippen LogP contribution >= 0.6 is 11.6 Å². The van der Waals surface area contributed by atoms with Gasteiger partial charge in [0.15, 0.2) is 0 Å². The first kappa shape index (κ1) is 16.2. The summed E-state index contributed by atoms with van der Waals surface area (Å²) in [5.41, 5.74) is 5.91. The van der Waals surface area contributed by atoms with Crippen LogP contribution in [0.5, 0.6) is 0 Å². The molecule has 5 nitrogen and oxygen atoms in total. The molecule has 0 aliphatic rings. The topological polar surface area (TPSA) is 92.4 Å². The van der Waals surface area contributed by atoms with Gasteiger partial charge in [0.2, 0.25) is 10.0 Å². The summed E-state index contributed by atoms with van der Waals surface area (Å²) in [5.74, 6) is 0.0969. The number of rotatable bonds is 7. The third-order valence-corrected chi connectivity index (χ3v) is 4.83. The molecular formula is C12H19ClN2O3S. The molecule has 108 valence electrons. The Balaban J connectivity index is 2.83. The number of anilines is 1. The summed E-state index contributed by atoms with van der Waals surface area (Å²) in [4.78, 5) is -0.0204. The van der Waals surface area contributed by atoms with E-state index in [0.717, 1.165) is 6.42 Å². The molecule has 0 spiro atoms. The molecule has 1 unspecified atom stereocenters. The molecule has 0 aliphatic heterocycles. The minimum Gasteiger partial charge on any atom is -0.399 e. The molecule has 0 heterocycles. The zero-order chi connectivity index (χ0) is 14.5. The molecule has 1 atom stereocenters. The minimum absolute atomic E-state index is 0.0204. The summed E-state index contributed by atoms with van der Waals surface area (Å²) in [6.07, 6.45) is 1.34. The molecule has 1 aromatic rings. The van der Waals surface area contributed by atoms with Crippen molar-refractivity contribution >= 4 is 27.3 Å². The third-order valence-electron chi connectivity index (χ3n) is 2.92. The predicted octanol–water partition coefficient (Wildman–Crippen LogP) is 1.61. The van der Waals surface area contributed by atoms with Crippen molar-refractivity contribution in [3.8, 4) is 0 Å². The standard InChI is InChI=1S/C12H19ClN2O3S/c1-2-9(5-6-16)8-15-19(17,18)12-7-10(14)3-4-11(12)13/h3-4,7,9,15-16H,2,5-6,8,14H2,1H3. The van der Waals surface area contributed by atoms with E-state index in [0.29, 0.717) is 12.1 Å². The summed E-state index contributed by atoms with van der Waals surface area (Å²) >= 11 is 5.88. The summed E-state index contributed by atoms with van der Waals surface area (Å²) in [6, 6.07) is 4.33. The van der Waals surface area contributed by atoms with Crippen molar-refractivity contribution in [3.05, 3.63) is 23.2 Å². The van der Waals surface area contributed by atoms with Gasteiger partial charge in [-0.3, -0.25) is 0 Å². The van der Waals surface area contributed by atoms with Crippen molar-refractivity contribution in [1.82, 2.24) is 4.72 Å². The zero-order valence-electron chi connectivity index (χ0n) is 10.8. The first-order chi connectivity index (χ1) is 8.90. The van der Waals surface area contributed by atoms with Gasteiger partial charge in [0, 0.05) is 18.8 Å². The van der Waals surface area contributed by atoms with Crippen LogP contribution in [-0.4, -0.2) is 26.7 Å². The summed E-state index contributed by atoms with van der Waals surface area (Å²) in [7, 11) is -3.68. The molecule has 1 rings (SSSR count). The molecule has 19 heavy (non-hydrogen) atoms. The number of aliphatic hydroxyl groups excluding tert-OH is 1. The number of nitrogens with two attached hydrogens (primary N) is 1.